The number of esters is 3. The van der Waals surface area contributed by atoms with Crippen molar-refractivity contribution in [3.63, 3.8) is 0 Å². The third kappa shape index (κ3) is 5.00. The molecule has 2 rings (SSSR count). The van der Waals surface area contributed by atoms with Gasteiger partial charge in [-0.3, -0.25) is 14.4 Å². The van der Waals surface area contributed by atoms with Gasteiger partial charge in [-0.2, -0.15) is 0 Å². The number of hydrogen-bond acceptors (Lipinski definition) is 7. The van der Waals surface area contributed by atoms with E-state index in [4.69, 9.17) is 14.2 Å². The summed E-state index contributed by atoms with van der Waals surface area (Å²) in [5.41, 5.74) is 0.339. The van der Waals surface area contributed by atoms with Gasteiger partial charge in [-0.1, -0.05) is 0 Å². The van der Waals surface area contributed by atoms with Crippen molar-refractivity contribution in [3.05, 3.63) is 53.6 Å². The summed E-state index contributed by atoms with van der Waals surface area (Å²) in [6, 6.07) is 9.81. The number of benzene rings is 2. The van der Waals surface area contributed by atoms with Crippen LogP contribution in [-0.2, 0) is 9.59 Å². The molecule has 0 fully saturated rings. The summed E-state index contributed by atoms with van der Waals surface area (Å²) >= 11 is 0. The van der Waals surface area contributed by atoms with Crippen LogP contribution >= 0.6 is 0 Å². The number of carbonyl (C=O) groups excluding carboxylic acids is 4. The van der Waals surface area contributed by atoms with Crippen LogP contribution in [0.25, 0.3) is 0 Å². The Balaban J connectivity index is 2.31. The van der Waals surface area contributed by atoms with Crippen LogP contribution in [0.2, 0.25) is 0 Å². The van der Waals surface area contributed by atoms with E-state index in [-0.39, 0.29) is 22.8 Å². The predicted molar refractivity (Wildman–Crippen MR) is 85.8 cm³/mol. The maximum atomic E-state index is 12.4. The maximum absolute atomic E-state index is 12.4. The van der Waals surface area contributed by atoms with Crippen molar-refractivity contribution < 1.29 is 33.4 Å². The molecule has 0 atom stereocenters. The highest BCUT2D eigenvalue weighted by Gasteiger charge is 2.18. The molecule has 0 aliphatic heterocycles. The first-order valence-electron chi connectivity index (χ1n) is 7.17. The highest BCUT2D eigenvalue weighted by molar-refractivity contribution is 5.95. The molecule has 0 spiro atoms. The zero-order chi connectivity index (χ0) is 18.4. The summed E-state index contributed by atoms with van der Waals surface area (Å²) in [5, 5.41) is 0. The van der Waals surface area contributed by atoms with Crippen LogP contribution in [0.15, 0.2) is 42.5 Å². The van der Waals surface area contributed by atoms with E-state index in [0.29, 0.717) is 11.8 Å². The Labute approximate surface area is 143 Å². The molecule has 0 aliphatic carbocycles. The van der Waals surface area contributed by atoms with Gasteiger partial charge in [-0.05, 0) is 42.5 Å². The van der Waals surface area contributed by atoms with Crippen LogP contribution in [-0.4, -0.2) is 24.2 Å². The van der Waals surface area contributed by atoms with Crippen LogP contribution < -0.4 is 14.2 Å². The molecule has 0 radical (unpaired) electrons. The van der Waals surface area contributed by atoms with E-state index in [1.165, 1.54) is 56.3 Å². The Bertz CT molecular complexity index is 822. The first-order valence-corrected chi connectivity index (χ1v) is 7.17. The second-order valence-electron chi connectivity index (χ2n) is 4.92. The molecule has 0 N–H and O–H groups in total. The summed E-state index contributed by atoms with van der Waals surface area (Å²) in [6.45, 7) is 2.40. The van der Waals surface area contributed by atoms with Crippen molar-refractivity contribution in [3.8, 4) is 17.2 Å². The SMILES string of the molecule is CC(=O)Oc1ccc(OC(C)=O)c(C(=O)Oc2ccc(C=O)cc2)c1. The van der Waals surface area contributed by atoms with Crippen molar-refractivity contribution in [1.82, 2.24) is 0 Å². The molecule has 0 aromatic heterocycles. The van der Waals surface area contributed by atoms with E-state index in [2.05, 4.69) is 0 Å². The smallest absolute Gasteiger partial charge is 0.347 e. The van der Waals surface area contributed by atoms with Gasteiger partial charge in [-0.15, -0.1) is 0 Å². The lowest BCUT2D eigenvalue weighted by molar-refractivity contribution is -0.133. The zero-order valence-electron chi connectivity index (χ0n) is 13.5. The highest BCUT2D eigenvalue weighted by atomic mass is 16.6. The van der Waals surface area contributed by atoms with Crippen LogP contribution in [0.5, 0.6) is 17.2 Å². The minimum absolute atomic E-state index is 0.0297. The number of carbonyl (C=O) groups is 4. The molecule has 7 nitrogen and oxygen atoms in total. The molecule has 0 unspecified atom stereocenters. The van der Waals surface area contributed by atoms with Crippen molar-refractivity contribution in [1.29, 1.82) is 0 Å². The molecule has 7 heteroatoms. The second kappa shape index (κ2) is 7.87. The average Bonchev–Trinajstić information content (AvgIpc) is 2.56. The Morgan fingerprint density at radius 1 is 0.800 bits per heavy atom. The van der Waals surface area contributed by atoms with E-state index < -0.39 is 17.9 Å². The lowest BCUT2D eigenvalue weighted by Crippen LogP contribution is -2.13. The average molecular weight is 342 g/mol. The first kappa shape index (κ1) is 17.9. The molecular formula is C18H14O7. The fourth-order valence-corrected chi connectivity index (χ4v) is 1.92. The van der Waals surface area contributed by atoms with Gasteiger partial charge < -0.3 is 14.2 Å². The molecular weight excluding hydrogens is 328 g/mol. The van der Waals surface area contributed by atoms with Crippen molar-refractivity contribution in [2.45, 2.75) is 13.8 Å². The normalized spacial score (nSPS) is 9.84. The van der Waals surface area contributed by atoms with Gasteiger partial charge in [-0.25, -0.2) is 4.79 Å². The van der Waals surface area contributed by atoms with Gasteiger partial charge in [0.15, 0.2) is 0 Å². The monoisotopic (exact) mass is 342 g/mol. The highest BCUT2D eigenvalue weighted by Crippen LogP contribution is 2.26. The van der Waals surface area contributed by atoms with E-state index >= 15 is 0 Å². The molecule has 0 heterocycles. The Morgan fingerprint density at radius 3 is 1.96 bits per heavy atom. The third-order valence-electron chi connectivity index (χ3n) is 2.91. The topological polar surface area (TPSA) is 96.0 Å². The Morgan fingerprint density at radius 2 is 1.40 bits per heavy atom. The summed E-state index contributed by atoms with van der Waals surface area (Å²) in [5.74, 6) is -1.73. The largest absolute Gasteiger partial charge is 0.427 e. The maximum Gasteiger partial charge on any atom is 0.347 e. The number of hydrogen-bond donors (Lipinski definition) is 0. The molecule has 0 bridgehead atoms. The second-order valence-corrected chi connectivity index (χ2v) is 4.92. The minimum Gasteiger partial charge on any atom is -0.427 e. The lowest BCUT2D eigenvalue weighted by Gasteiger charge is -2.11. The lowest BCUT2D eigenvalue weighted by atomic mass is 10.2. The minimum atomic E-state index is -0.816. The molecule has 25 heavy (non-hydrogen) atoms. The Hall–Kier alpha value is -3.48. The van der Waals surface area contributed by atoms with E-state index in [9.17, 15) is 19.2 Å². The van der Waals surface area contributed by atoms with Crippen molar-refractivity contribution in [2.24, 2.45) is 0 Å². The van der Waals surface area contributed by atoms with Gasteiger partial charge in [0.05, 0.1) is 0 Å². The van der Waals surface area contributed by atoms with Crippen LogP contribution in [0.4, 0.5) is 0 Å². The number of ether oxygens (including phenoxy) is 3. The standard InChI is InChI=1S/C18H14O7/c1-11(20)23-15-7-8-17(24-12(2)21)16(9-15)18(22)25-14-5-3-13(10-19)4-6-14/h3-10H,1-2H3. The summed E-state index contributed by atoms with van der Waals surface area (Å²) in [6.07, 6.45) is 0.660. The fraction of sp³-hybridized carbons (Fsp3) is 0.111. The quantitative estimate of drug-likeness (QED) is 0.468. The Kier molecular flexibility index (Phi) is 5.62. The van der Waals surface area contributed by atoms with Crippen LogP contribution in [0.1, 0.15) is 34.6 Å². The van der Waals surface area contributed by atoms with Crippen molar-refractivity contribution >= 4 is 24.2 Å². The molecule has 128 valence electrons. The van der Waals surface area contributed by atoms with Gasteiger partial charge in [0.2, 0.25) is 0 Å². The molecule has 0 aliphatic rings. The molecule has 0 amide bonds. The third-order valence-corrected chi connectivity index (χ3v) is 2.91. The summed E-state index contributed by atoms with van der Waals surface area (Å²) in [7, 11) is 0. The molecule has 0 saturated carbocycles. The van der Waals surface area contributed by atoms with Crippen LogP contribution in [0, 0.1) is 0 Å². The fourth-order valence-electron chi connectivity index (χ4n) is 1.92. The first-order chi connectivity index (χ1) is 11.9. The zero-order valence-corrected chi connectivity index (χ0v) is 13.5. The predicted octanol–water partition coefficient (Wildman–Crippen LogP) is 2.57. The van der Waals surface area contributed by atoms with E-state index in [1.54, 1.807) is 0 Å². The van der Waals surface area contributed by atoms with Crippen molar-refractivity contribution in [2.75, 3.05) is 0 Å². The summed E-state index contributed by atoms with van der Waals surface area (Å²) < 4.78 is 15.1. The molecule has 2 aromatic carbocycles. The number of rotatable bonds is 5. The van der Waals surface area contributed by atoms with Gasteiger partial charge >= 0.3 is 17.9 Å². The van der Waals surface area contributed by atoms with Gasteiger partial charge in [0, 0.05) is 19.4 Å². The molecule has 0 saturated heterocycles. The van der Waals surface area contributed by atoms with E-state index in [0.717, 1.165) is 0 Å². The number of aldehydes is 1. The van der Waals surface area contributed by atoms with Gasteiger partial charge in [0.1, 0.15) is 29.1 Å². The molecule has 2 aromatic rings. The summed E-state index contributed by atoms with van der Waals surface area (Å²) in [4.78, 5) is 45.3. The van der Waals surface area contributed by atoms with Crippen LogP contribution in [0.3, 0.4) is 0 Å². The van der Waals surface area contributed by atoms with E-state index in [1.807, 2.05) is 0 Å². The van der Waals surface area contributed by atoms with Gasteiger partial charge in [0.25, 0.3) is 0 Å².